The van der Waals surface area contributed by atoms with E-state index in [4.69, 9.17) is 4.52 Å². The van der Waals surface area contributed by atoms with Gasteiger partial charge in [0.1, 0.15) is 5.76 Å². The molecule has 0 fully saturated rings. The molecule has 0 aliphatic heterocycles. The van der Waals surface area contributed by atoms with E-state index in [1.165, 1.54) is 12.1 Å². The monoisotopic (exact) mass is 387 g/mol. The zero-order valence-electron chi connectivity index (χ0n) is 14.4. The molecule has 7 nitrogen and oxygen atoms in total. The van der Waals surface area contributed by atoms with Gasteiger partial charge in [-0.05, 0) is 13.0 Å². The molecule has 0 saturated carbocycles. The number of hydrogen-bond donors (Lipinski definition) is 1. The molecule has 1 aromatic carbocycles. The number of aryl methyl sites for hydroxylation is 1. The largest absolute Gasteiger partial charge is 0.433 e. The minimum atomic E-state index is -4.69. The minimum absolute atomic E-state index is 0.102. The van der Waals surface area contributed by atoms with Crippen LogP contribution in [0.25, 0.3) is 16.9 Å². The highest BCUT2D eigenvalue weighted by molar-refractivity contribution is 6.03. The van der Waals surface area contributed by atoms with Crippen molar-refractivity contribution in [1.29, 1.82) is 0 Å². The summed E-state index contributed by atoms with van der Waals surface area (Å²) in [4.78, 5) is 16.6. The second kappa shape index (κ2) is 6.48. The molecule has 0 saturated heterocycles. The van der Waals surface area contributed by atoms with E-state index in [0.717, 1.165) is 6.07 Å². The molecule has 3 heterocycles. The highest BCUT2D eigenvalue weighted by Gasteiger charge is 2.35. The Hall–Kier alpha value is -3.69. The van der Waals surface area contributed by atoms with E-state index < -0.39 is 17.8 Å². The quantitative estimate of drug-likeness (QED) is 0.575. The van der Waals surface area contributed by atoms with Crippen LogP contribution in [0.1, 0.15) is 21.9 Å². The number of benzene rings is 1. The van der Waals surface area contributed by atoms with Crippen molar-refractivity contribution in [2.75, 3.05) is 5.32 Å². The van der Waals surface area contributed by atoms with Crippen LogP contribution in [0.15, 0.2) is 53.1 Å². The van der Waals surface area contributed by atoms with Gasteiger partial charge in [0.05, 0.1) is 5.69 Å². The fourth-order valence-electron chi connectivity index (χ4n) is 2.65. The first kappa shape index (κ1) is 17.7. The van der Waals surface area contributed by atoms with E-state index in [-0.39, 0.29) is 22.9 Å². The predicted octanol–water partition coefficient (Wildman–Crippen LogP) is 3.96. The third-order valence-electron chi connectivity index (χ3n) is 3.89. The van der Waals surface area contributed by atoms with Gasteiger partial charge in [-0.3, -0.25) is 4.79 Å². The number of nitrogens with zero attached hydrogens (tertiary/aromatic N) is 4. The lowest BCUT2D eigenvalue weighted by molar-refractivity contribution is -0.142. The van der Waals surface area contributed by atoms with E-state index in [9.17, 15) is 18.0 Å². The normalized spacial score (nSPS) is 11.7. The van der Waals surface area contributed by atoms with Crippen LogP contribution in [0.5, 0.6) is 0 Å². The Morgan fingerprint density at radius 2 is 1.89 bits per heavy atom. The third kappa shape index (κ3) is 3.31. The van der Waals surface area contributed by atoms with Gasteiger partial charge in [-0.2, -0.15) is 18.3 Å². The second-order valence-corrected chi connectivity index (χ2v) is 5.97. The Kier molecular flexibility index (Phi) is 4.10. The van der Waals surface area contributed by atoms with Crippen LogP contribution in [0.2, 0.25) is 0 Å². The van der Waals surface area contributed by atoms with Gasteiger partial charge in [-0.25, -0.2) is 9.50 Å². The summed E-state index contributed by atoms with van der Waals surface area (Å²) in [5, 5.41) is 9.81. The fraction of sp³-hybridized carbons (Fsp3) is 0.111. The lowest BCUT2D eigenvalue weighted by Gasteiger charge is -2.10. The van der Waals surface area contributed by atoms with Crippen LogP contribution in [0.4, 0.5) is 19.0 Å². The zero-order valence-corrected chi connectivity index (χ0v) is 14.4. The molecule has 0 atom stereocenters. The maximum Gasteiger partial charge on any atom is 0.433 e. The van der Waals surface area contributed by atoms with E-state index in [1.807, 2.05) is 0 Å². The molecular formula is C18H12F3N5O2. The van der Waals surface area contributed by atoms with E-state index in [2.05, 4.69) is 20.6 Å². The molecule has 4 aromatic rings. The summed E-state index contributed by atoms with van der Waals surface area (Å²) in [5.74, 6) is -0.124. The topological polar surface area (TPSA) is 85.3 Å². The number of alkyl halides is 3. The van der Waals surface area contributed by atoms with Crippen LogP contribution in [0, 0.1) is 6.92 Å². The van der Waals surface area contributed by atoms with Crippen molar-refractivity contribution in [3.63, 3.8) is 0 Å². The summed E-state index contributed by atoms with van der Waals surface area (Å²) in [6, 6.07) is 12.0. The van der Waals surface area contributed by atoms with Gasteiger partial charge in [0.2, 0.25) is 0 Å². The Morgan fingerprint density at radius 3 is 2.54 bits per heavy atom. The van der Waals surface area contributed by atoms with Crippen molar-refractivity contribution >= 4 is 17.4 Å². The molecular weight excluding hydrogens is 375 g/mol. The van der Waals surface area contributed by atoms with Gasteiger partial charge in [0.25, 0.3) is 5.91 Å². The Balaban J connectivity index is 1.80. The number of carbonyl (C=O) groups excluding carboxylic acids is 1. The van der Waals surface area contributed by atoms with Crippen LogP contribution >= 0.6 is 0 Å². The van der Waals surface area contributed by atoms with E-state index in [0.29, 0.717) is 15.8 Å². The average molecular weight is 387 g/mol. The molecule has 142 valence electrons. The molecule has 4 rings (SSSR count). The standard InChI is InChI=1S/C18H12F3N5O2/c1-10-7-15(25-28-10)23-17(27)13-9-16-22-12(11-5-3-2-4-6-11)8-14(18(19,20)21)26(16)24-13/h2-9H,1H3,(H,23,25,27). The number of nitrogens with one attached hydrogen (secondary N) is 1. The molecule has 0 bridgehead atoms. The molecule has 0 aliphatic carbocycles. The molecule has 0 radical (unpaired) electrons. The van der Waals surface area contributed by atoms with Gasteiger partial charge >= 0.3 is 6.18 Å². The lowest BCUT2D eigenvalue weighted by Crippen LogP contribution is -2.15. The minimum Gasteiger partial charge on any atom is -0.360 e. The number of rotatable bonds is 3. The van der Waals surface area contributed by atoms with Gasteiger partial charge in [-0.15, -0.1) is 0 Å². The molecule has 10 heteroatoms. The number of amides is 1. The highest BCUT2D eigenvalue weighted by Crippen LogP contribution is 2.32. The number of hydrogen-bond acceptors (Lipinski definition) is 5. The Labute approximate surface area is 155 Å². The number of carbonyl (C=O) groups is 1. The van der Waals surface area contributed by atoms with Crippen molar-refractivity contribution < 1.29 is 22.5 Å². The summed E-state index contributed by atoms with van der Waals surface area (Å²) in [6.07, 6.45) is -4.69. The Bertz CT molecular complexity index is 1170. The van der Waals surface area contributed by atoms with Gasteiger partial charge < -0.3 is 9.84 Å². The third-order valence-corrected chi connectivity index (χ3v) is 3.89. The van der Waals surface area contributed by atoms with Crippen LogP contribution in [-0.4, -0.2) is 25.7 Å². The average Bonchev–Trinajstić information content (AvgIpc) is 3.26. The molecule has 1 amide bonds. The molecule has 0 unspecified atom stereocenters. The fourth-order valence-corrected chi connectivity index (χ4v) is 2.65. The zero-order chi connectivity index (χ0) is 19.9. The summed E-state index contributed by atoms with van der Waals surface area (Å²) >= 11 is 0. The number of fused-ring (bicyclic) bond motifs is 1. The predicted molar refractivity (Wildman–Crippen MR) is 92.6 cm³/mol. The number of anilines is 1. The van der Waals surface area contributed by atoms with Gasteiger partial charge in [0.15, 0.2) is 22.9 Å². The second-order valence-electron chi connectivity index (χ2n) is 5.97. The summed E-state index contributed by atoms with van der Waals surface area (Å²) in [6.45, 7) is 1.64. The molecule has 3 aromatic heterocycles. The van der Waals surface area contributed by atoms with Crippen molar-refractivity contribution in [3.8, 4) is 11.3 Å². The Morgan fingerprint density at radius 1 is 1.14 bits per heavy atom. The lowest BCUT2D eigenvalue weighted by atomic mass is 10.1. The molecule has 0 spiro atoms. The maximum atomic E-state index is 13.6. The van der Waals surface area contributed by atoms with Crippen molar-refractivity contribution in [2.45, 2.75) is 13.1 Å². The molecule has 0 aliphatic rings. The maximum absolute atomic E-state index is 13.6. The number of halogens is 3. The number of aromatic nitrogens is 4. The SMILES string of the molecule is Cc1cc(NC(=O)c2cc3nc(-c4ccccc4)cc(C(F)(F)F)n3n2)no1. The van der Waals surface area contributed by atoms with Crippen molar-refractivity contribution in [3.05, 3.63) is 65.7 Å². The summed E-state index contributed by atoms with van der Waals surface area (Å²) in [5.41, 5.74) is -0.730. The molecule has 1 N–H and O–H groups in total. The molecule has 28 heavy (non-hydrogen) atoms. The first-order valence-electron chi connectivity index (χ1n) is 8.09. The van der Waals surface area contributed by atoms with Crippen LogP contribution < -0.4 is 5.32 Å². The van der Waals surface area contributed by atoms with E-state index in [1.54, 1.807) is 37.3 Å². The van der Waals surface area contributed by atoms with Gasteiger partial charge in [-0.1, -0.05) is 35.5 Å². The van der Waals surface area contributed by atoms with Crippen LogP contribution in [-0.2, 0) is 6.18 Å². The van der Waals surface area contributed by atoms with Crippen molar-refractivity contribution in [1.82, 2.24) is 19.8 Å². The van der Waals surface area contributed by atoms with Gasteiger partial charge in [0, 0.05) is 17.7 Å². The highest BCUT2D eigenvalue weighted by atomic mass is 19.4. The first-order chi connectivity index (χ1) is 13.3. The summed E-state index contributed by atoms with van der Waals surface area (Å²) in [7, 11) is 0. The smallest absolute Gasteiger partial charge is 0.360 e. The van der Waals surface area contributed by atoms with E-state index >= 15 is 0 Å². The van der Waals surface area contributed by atoms with Crippen molar-refractivity contribution in [2.24, 2.45) is 0 Å². The van der Waals surface area contributed by atoms with Crippen LogP contribution in [0.3, 0.4) is 0 Å². The first-order valence-corrected chi connectivity index (χ1v) is 8.09. The summed E-state index contributed by atoms with van der Waals surface area (Å²) < 4.78 is 46.1.